The molecule has 8 heteroatoms. The standard InChI is InChI=1S/C10H13BrN2O4S/c1-2-17-10(14)6-18(15,16)13-7-3-4-8(11)9(12)5-7/h3-5,13H,2,6,12H2,1H3. The number of sulfonamides is 1. The number of carbonyl (C=O) groups is 1. The van der Waals surface area contributed by atoms with Crippen molar-refractivity contribution in [1.29, 1.82) is 0 Å². The van der Waals surface area contributed by atoms with Crippen LogP contribution in [0.5, 0.6) is 0 Å². The molecular weight excluding hydrogens is 324 g/mol. The second kappa shape index (κ2) is 6.05. The summed E-state index contributed by atoms with van der Waals surface area (Å²) < 4.78 is 30.7. The Morgan fingerprint density at radius 3 is 2.72 bits per heavy atom. The third-order valence-electron chi connectivity index (χ3n) is 1.88. The van der Waals surface area contributed by atoms with Gasteiger partial charge in [0.1, 0.15) is 0 Å². The number of nitrogens with two attached hydrogens (primary N) is 1. The Hall–Kier alpha value is -1.28. The number of nitrogens with one attached hydrogen (secondary N) is 1. The van der Waals surface area contributed by atoms with E-state index in [-0.39, 0.29) is 6.61 Å². The van der Waals surface area contributed by atoms with Gasteiger partial charge in [-0.05, 0) is 41.1 Å². The van der Waals surface area contributed by atoms with Crippen LogP contribution < -0.4 is 10.5 Å². The molecule has 0 aliphatic heterocycles. The van der Waals surface area contributed by atoms with E-state index in [0.29, 0.717) is 15.8 Å². The quantitative estimate of drug-likeness (QED) is 0.624. The first-order chi connectivity index (χ1) is 8.34. The first kappa shape index (κ1) is 14.8. The molecular formula is C10H13BrN2O4S. The van der Waals surface area contributed by atoms with Crippen molar-refractivity contribution in [1.82, 2.24) is 0 Å². The number of carbonyl (C=O) groups excluding carboxylic acids is 1. The van der Waals surface area contributed by atoms with Crippen LogP contribution in [0.3, 0.4) is 0 Å². The second-order valence-corrected chi connectivity index (χ2v) is 5.98. The molecule has 0 amide bonds. The number of esters is 1. The number of anilines is 2. The van der Waals surface area contributed by atoms with Gasteiger partial charge in [-0.25, -0.2) is 8.42 Å². The van der Waals surface area contributed by atoms with Gasteiger partial charge >= 0.3 is 5.97 Å². The summed E-state index contributed by atoms with van der Waals surface area (Å²) in [7, 11) is -3.78. The molecule has 3 N–H and O–H groups in total. The van der Waals surface area contributed by atoms with Crippen molar-refractivity contribution in [2.24, 2.45) is 0 Å². The average Bonchev–Trinajstić information content (AvgIpc) is 2.22. The zero-order valence-corrected chi connectivity index (χ0v) is 12.0. The van der Waals surface area contributed by atoms with Crippen molar-refractivity contribution < 1.29 is 17.9 Å². The van der Waals surface area contributed by atoms with Gasteiger partial charge in [-0.3, -0.25) is 9.52 Å². The van der Waals surface area contributed by atoms with Crippen LogP contribution in [0.4, 0.5) is 11.4 Å². The van der Waals surface area contributed by atoms with Gasteiger partial charge in [0, 0.05) is 10.2 Å². The molecule has 0 atom stereocenters. The highest BCUT2D eigenvalue weighted by Gasteiger charge is 2.17. The fourth-order valence-electron chi connectivity index (χ4n) is 1.18. The molecule has 0 radical (unpaired) electrons. The Morgan fingerprint density at radius 1 is 1.50 bits per heavy atom. The zero-order valence-electron chi connectivity index (χ0n) is 9.64. The van der Waals surface area contributed by atoms with Gasteiger partial charge in [0.2, 0.25) is 10.0 Å². The fraction of sp³-hybridized carbons (Fsp3) is 0.300. The fourth-order valence-corrected chi connectivity index (χ4v) is 2.38. The van der Waals surface area contributed by atoms with Crippen LogP contribution in [0, 0.1) is 0 Å². The molecule has 0 saturated heterocycles. The minimum Gasteiger partial charge on any atom is -0.465 e. The van der Waals surface area contributed by atoms with Gasteiger partial charge in [-0.1, -0.05) is 0 Å². The van der Waals surface area contributed by atoms with E-state index >= 15 is 0 Å². The van der Waals surface area contributed by atoms with Crippen LogP contribution in [0.2, 0.25) is 0 Å². The Kier molecular flexibility index (Phi) is 4.97. The number of benzene rings is 1. The summed E-state index contributed by atoms with van der Waals surface area (Å²) in [6.45, 7) is 1.74. The molecule has 18 heavy (non-hydrogen) atoms. The van der Waals surface area contributed by atoms with E-state index in [9.17, 15) is 13.2 Å². The number of hydrogen-bond donors (Lipinski definition) is 2. The SMILES string of the molecule is CCOC(=O)CS(=O)(=O)Nc1ccc(Br)c(N)c1. The van der Waals surface area contributed by atoms with Crippen molar-refractivity contribution in [3.63, 3.8) is 0 Å². The third kappa shape index (κ3) is 4.53. The molecule has 0 aromatic heterocycles. The van der Waals surface area contributed by atoms with Crippen molar-refractivity contribution in [3.8, 4) is 0 Å². The molecule has 0 unspecified atom stereocenters. The monoisotopic (exact) mass is 336 g/mol. The van der Waals surface area contributed by atoms with Crippen molar-refractivity contribution >= 4 is 43.3 Å². The van der Waals surface area contributed by atoms with Crippen molar-refractivity contribution in [2.75, 3.05) is 22.8 Å². The van der Waals surface area contributed by atoms with Crippen LogP contribution in [0.1, 0.15) is 6.92 Å². The van der Waals surface area contributed by atoms with Crippen molar-refractivity contribution in [2.45, 2.75) is 6.92 Å². The summed E-state index contributed by atoms with van der Waals surface area (Å²) in [4.78, 5) is 11.1. The highest BCUT2D eigenvalue weighted by molar-refractivity contribution is 9.10. The third-order valence-corrected chi connectivity index (χ3v) is 3.77. The minimum absolute atomic E-state index is 0.138. The summed E-state index contributed by atoms with van der Waals surface area (Å²) in [6.07, 6.45) is 0. The number of ether oxygens (including phenoxy) is 1. The lowest BCUT2D eigenvalue weighted by Gasteiger charge is -2.08. The van der Waals surface area contributed by atoms with E-state index in [2.05, 4.69) is 25.4 Å². The molecule has 1 aromatic rings. The van der Waals surface area contributed by atoms with Gasteiger partial charge in [0.05, 0.1) is 12.3 Å². The lowest BCUT2D eigenvalue weighted by atomic mass is 10.3. The molecule has 100 valence electrons. The van der Waals surface area contributed by atoms with Crippen LogP contribution >= 0.6 is 15.9 Å². The number of rotatable bonds is 5. The number of hydrogen-bond acceptors (Lipinski definition) is 5. The van der Waals surface area contributed by atoms with Crippen LogP contribution in [0.25, 0.3) is 0 Å². The smallest absolute Gasteiger partial charge is 0.323 e. The van der Waals surface area contributed by atoms with E-state index in [1.807, 2.05) is 0 Å². The number of halogens is 1. The van der Waals surface area contributed by atoms with Gasteiger partial charge < -0.3 is 10.5 Å². The lowest BCUT2D eigenvalue weighted by molar-refractivity contribution is -0.139. The molecule has 0 saturated carbocycles. The summed E-state index contributed by atoms with van der Waals surface area (Å²) in [5, 5.41) is 0. The summed E-state index contributed by atoms with van der Waals surface area (Å²) in [5.74, 6) is -1.52. The topological polar surface area (TPSA) is 98.5 Å². The molecule has 0 aliphatic carbocycles. The predicted octanol–water partition coefficient (Wildman–Crippen LogP) is 1.34. The van der Waals surface area contributed by atoms with E-state index in [1.165, 1.54) is 12.1 Å². The maximum absolute atomic E-state index is 11.6. The van der Waals surface area contributed by atoms with Gasteiger partial charge in [-0.15, -0.1) is 0 Å². The second-order valence-electron chi connectivity index (χ2n) is 3.40. The average molecular weight is 337 g/mol. The van der Waals surface area contributed by atoms with Crippen molar-refractivity contribution in [3.05, 3.63) is 22.7 Å². The number of nitrogen functional groups attached to an aromatic ring is 1. The molecule has 6 nitrogen and oxygen atoms in total. The summed E-state index contributed by atoms with van der Waals surface area (Å²) in [5.41, 5.74) is 6.30. The minimum atomic E-state index is -3.78. The molecule has 1 rings (SSSR count). The van der Waals surface area contributed by atoms with Gasteiger partial charge in [0.25, 0.3) is 0 Å². The van der Waals surface area contributed by atoms with Gasteiger partial charge in [-0.2, -0.15) is 0 Å². The lowest BCUT2D eigenvalue weighted by Crippen LogP contribution is -2.24. The van der Waals surface area contributed by atoms with E-state index in [4.69, 9.17) is 5.73 Å². The normalized spacial score (nSPS) is 11.0. The molecule has 0 heterocycles. The summed E-state index contributed by atoms with van der Waals surface area (Å²) in [6, 6.07) is 4.59. The molecule has 1 aromatic carbocycles. The predicted molar refractivity (Wildman–Crippen MR) is 72.6 cm³/mol. The highest BCUT2D eigenvalue weighted by Crippen LogP contribution is 2.23. The molecule has 0 aliphatic rings. The Labute approximate surface area is 114 Å². The maximum atomic E-state index is 11.6. The zero-order chi connectivity index (χ0) is 13.8. The van der Waals surface area contributed by atoms with E-state index < -0.39 is 21.7 Å². The van der Waals surface area contributed by atoms with Crippen LogP contribution in [-0.2, 0) is 19.6 Å². The van der Waals surface area contributed by atoms with E-state index in [0.717, 1.165) is 0 Å². The Bertz CT molecular complexity index is 545. The maximum Gasteiger partial charge on any atom is 0.323 e. The first-order valence-electron chi connectivity index (χ1n) is 5.05. The molecule has 0 bridgehead atoms. The van der Waals surface area contributed by atoms with Crippen LogP contribution in [0.15, 0.2) is 22.7 Å². The highest BCUT2D eigenvalue weighted by atomic mass is 79.9. The van der Waals surface area contributed by atoms with Crippen LogP contribution in [-0.4, -0.2) is 26.7 Å². The van der Waals surface area contributed by atoms with Gasteiger partial charge in [0.15, 0.2) is 5.75 Å². The Morgan fingerprint density at radius 2 is 2.17 bits per heavy atom. The molecule has 0 fully saturated rings. The van der Waals surface area contributed by atoms with E-state index in [1.54, 1.807) is 13.0 Å². The largest absolute Gasteiger partial charge is 0.465 e. The molecule has 0 spiro atoms. The first-order valence-corrected chi connectivity index (χ1v) is 7.49. The summed E-state index contributed by atoms with van der Waals surface area (Å²) >= 11 is 3.19. The Balaban J connectivity index is 2.76.